The number of benzene rings is 1. The zero-order valence-electron chi connectivity index (χ0n) is 9.20. The molecule has 1 aliphatic carbocycles. The minimum Gasteiger partial charge on any atom is -0.389 e. The predicted molar refractivity (Wildman–Crippen MR) is 65.3 cm³/mol. The summed E-state index contributed by atoms with van der Waals surface area (Å²) >= 11 is 1.78. The summed E-state index contributed by atoms with van der Waals surface area (Å²) in [5.74, 6) is 0.843. The van der Waals surface area contributed by atoms with Crippen molar-refractivity contribution in [2.45, 2.75) is 43.1 Å². The molecule has 1 saturated carbocycles. The van der Waals surface area contributed by atoms with Gasteiger partial charge >= 0.3 is 0 Å². The molecule has 0 aliphatic heterocycles. The molecule has 2 heteroatoms. The zero-order chi connectivity index (χ0) is 10.7. The average Bonchev–Trinajstić information content (AvgIpc) is 2.65. The highest BCUT2D eigenvalue weighted by Gasteiger charge is 2.30. The van der Waals surface area contributed by atoms with E-state index >= 15 is 0 Å². The van der Waals surface area contributed by atoms with Gasteiger partial charge in [0, 0.05) is 10.6 Å². The number of rotatable bonds is 3. The predicted octanol–water partition coefficient (Wildman–Crippen LogP) is 3.39. The molecule has 0 aromatic heterocycles. The molecule has 1 nitrogen and oxygen atoms in total. The molecule has 15 heavy (non-hydrogen) atoms. The van der Waals surface area contributed by atoms with Crippen molar-refractivity contribution in [3.8, 4) is 0 Å². The SMILES string of the molecule is Cc1ccc(SCC2(O)CCCC2)cc1. The third-order valence-corrected chi connectivity index (χ3v) is 4.35. The zero-order valence-corrected chi connectivity index (χ0v) is 10.0. The van der Waals surface area contributed by atoms with Crippen LogP contribution in [0.5, 0.6) is 0 Å². The molecule has 0 bridgehead atoms. The van der Waals surface area contributed by atoms with E-state index in [1.54, 1.807) is 11.8 Å². The van der Waals surface area contributed by atoms with E-state index in [2.05, 4.69) is 31.2 Å². The summed E-state index contributed by atoms with van der Waals surface area (Å²) in [7, 11) is 0. The van der Waals surface area contributed by atoms with Gasteiger partial charge in [0.1, 0.15) is 0 Å². The van der Waals surface area contributed by atoms with Gasteiger partial charge in [-0.2, -0.15) is 0 Å². The number of thioether (sulfide) groups is 1. The molecule has 0 amide bonds. The van der Waals surface area contributed by atoms with Gasteiger partial charge in [-0.3, -0.25) is 0 Å². The van der Waals surface area contributed by atoms with Crippen LogP contribution in [0.4, 0.5) is 0 Å². The molecule has 1 aromatic rings. The van der Waals surface area contributed by atoms with E-state index in [0.29, 0.717) is 0 Å². The second-order valence-corrected chi connectivity index (χ2v) is 5.58. The van der Waals surface area contributed by atoms with Crippen LogP contribution in [0.3, 0.4) is 0 Å². The standard InChI is InChI=1S/C13H18OS/c1-11-4-6-12(7-5-11)15-10-13(14)8-2-3-9-13/h4-7,14H,2-3,8-10H2,1H3. The number of hydrogen-bond donors (Lipinski definition) is 1. The number of aliphatic hydroxyl groups is 1. The lowest BCUT2D eigenvalue weighted by molar-refractivity contribution is 0.0732. The van der Waals surface area contributed by atoms with E-state index < -0.39 is 5.60 Å². The normalized spacial score (nSPS) is 19.3. The molecule has 0 heterocycles. The third-order valence-electron chi connectivity index (χ3n) is 3.06. The average molecular weight is 222 g/mol. The fourth-order valence-corrected chi connectivity index (χ4v) is 3.08. The largest absolute Gasteiger partial charge is 0.389 e. The molecular weight excluding hydrogens is 204 g/mol. The maximum absolute atomic E-state index is 10.2. The van der Waals surface area contributed by atoms with Crippen molar-refractivity contribution in [3.05, 3.63) is 29.8 Å². The van der Waals surface area contributed by atoms with Crippen LogP contribution in [0, 0.1) is 6.92 Å². The molecule has 0 radical (unpaired) electrons. The van der Waals surface area contributed by atoms with Gasteiger partial charge in [0.25, 0.3) is 0 Å². The second kappa shape index (κ2) is 4.58. The molecular formula is C13H18OS. The molecule has 0 saturated heterocycles. The fraction of sp³-hybridized carbons (Fsp3) is 0.538. The van der Waals surface area contributed by atoms with Crippen LogP contribution in [-0.4, -0.2) is 16.5 Å². The van der Waals surface area contributed by atoms with Crippen LogP contribution in [0.25, 0.3) is 0 Å². The van der Waals surface area contributed by atoms with Crippen LogP contribution in [-0.2, 0) is 0 Å². The van der Waals surface area contributed by atoms with Crippen LogP contribution < -0.4 is 0 Å². The maximum Gasteiger partial charge on any atom is 0.0741 e. The first-order chi connectivity index (χ1) is 7.18. The summed E-state index contributed by atoms with van der Waals surface area (Å²) in [4.78, 5) is 1.26. The van der Waals surface area contributed by atoms with Gasteiger partial charge in [-0.05, 0) is 31.9 Å². The first kappa shape index (κ1) is 11.0. The summed E-state index contributed by atoms with van der Waals surface area (Å²) in [5, 5.41) is 10.2. The summed E-state index contributed by atoms with van der Waals surface area (Å²) in [5.41, 5.74) is 0.897. The van der Waals surface area contributed by atoms with Crippen molar-refractivity contribution in [2.24, 2.45) is 0 Å². The van der Waals surface area contributed by atoms with E-state index in [4.69, 9.17) is 0 Å². The van der Waals surface area contributed by atoms with Crippen molar-refractivity contribution in [3.63, 3.8) is 0 Å². The quantitative estimate of drug-likeness (QED) is 0.791. The first-order valence-corrected chi connectivity index (χ1v) is 6.58. The van der Waals surface area contributed by atoms with E-state index in [9.17, 15) is 5.11 Å². The summed E-state index contributed by atoms with van der Waals surface area (Å²) in [6.45, 7) is 2.10. The second-order valence-electron chi connectivity index (χ2n) is 4.53. The van der Waals surface area contributed by atoms with E-state index in [0.717, 1.165) is 18.6 Å². The Morgan fingerprint density at radius 3 is 2.40 bits per heavy atom. The minimum absolute atomic E-state index is 0.393. The molecule has 0 atom stereocenters. The van der Waals surface area contributed by atoms with Gasteiger partial charge in [-0.1, -0.05) is 30.5 Å². The van der Waals surface area contributed by atoms with E-state index in [1.807, 2.05) is 0 Å². The van der Waals surface area contributed by atoms with Crippen molar-refractivity contribution >= 4 is 11.8 Å². The highest BCUT2D eigenvalue weighted by atomic mass is 32.2. The van der Waals surface area contributed by atoms with Crippen LogP contribution in [0.15, 0.2) is 29.2 Å². The van der Waals surface area contributed by atoms with Gasteiger partial charge in [0.2, 0.25) is 0 Å². The Labute approximate surface area is 95.9 Å². The monoisotopic (exact) mass is 222 g/mol. The summed E-state index contributed by atoms with van der Waals surface area (Å²) in [6.07, 6.45) is 4.33. The summed E-state index contributed by atoms with van der Waals surface area (Å²) < 4.78 is 0. The van der Waals surface area contributed by atoms with Crippen molar-refractivity contribution in [1.82, 2.24) is 0 Å². The van der Waals surface area contributed by atoms with E-state index in [-0.39, 0.29) is 0 Å². The lowest BCUT2D eigenvalue weighted by atomic mass is 10.1. The highest BCUT2D eigenvalue weighted by molar-refractivity contribution is 7.99. The van der Waals surface area contributed by atoms with Crippen LogP contribution in [0.2, 0.25) is 0 Å². The van der Waals surface area contributed by atoms with E-state index in [1.165, 1.54) is 23.3 Å². The smallest absolute Gasteiger partial charge is 0.0741 e. The van der Waals surface area contributed by atoms with Gasteiger partial charge < -0.3 is 5.11 Å². The lowest BCUT2D eigenvalue weighted by Crippen LogP contribution is -2.26. The highest BCUT2D eigenvalue weighted by Crippen LogP contribution is 2.34. The van der Waals surface area contributed by atoms with Gasteiger partial charge in [0.15, 0.2) is 0 Å². The Balaban J connectivity index is 1.90. The van der Waals surface area contributed by atoms with Crippen LogP contribution in [0.1, 0.15) is 31.2 Å². The fourth-order valence-electron chi connectivity index (χ4n) is 2.03. The molecule has 0 unspecified atom stereocenters. The minimum atomic E-state index is -0.393. The Kier molecular flexibility index (Phi) is 3.37. The van der Waals surface area contributed by atoms with Crippen LogP contribution >= 0.6 is 11.8 Å². The Bertz CT molecular complexity index is 312. The van der Waals surface area contributed by atoms with Gasteiger partial charge in [0.05, 0.1) is 5.60 Å². The Morgan fingerprint density at radius 2 is 1.80 bits per heavy atom. The molecule has 0 spiro atoms. The molecule has 1 fully saturated rings. The van der Waals surface area contributed by atoms with Gasteiger partial charge in [-0.15, -0.1) is 11.8 Å². The first-order valence-electron chi connectivity index (χ1n) is 5.60. The Morgan fingerprint density at radius 1 is 1.20 bits per heavy atom. The van der Waals surface area contributed by atoms with Gasteiger partial charge in [-0.25, -0.2) is 0 Å². The summed E-state index contributed by atoms with van der Waals surface area (Å²) in [6, 6.07) is 8.53. The third kappa shape index (κ3) is 2.99. The molecule has 82 valence electrons. The van der Waals surface area contributed by atoms with Crippen molar-refractivity contribution in [1.29, 1.82) is 0 Å². The molecule has 1 aliphatic rings. The number of aryl methyl sites for hydroxylation is 1. The van der Waals surface area contributed by atoms with Crippen molar-refractivity contribution in [2.75, 3.05) is 5.75 Å². The van der Waals surface area contributed by atoms with Crippen molar-refractivity contribution < 1.29 is 5.11 Å². The molecule has 1 aromatic carbocycles. The Hall–Kier alpha value is -0.470. The number of hydrogen-bond acceptors (Lipinski definition) is 2. The lowest BCUT2D eigenvalue weighted by Gasteiger charge is -2.21. The molecule has 1 N–H and O–H groups in total. The molecule has 2 rings (SSSR count). The maximum atomic E-state index is 10.2. The topological polar surface area (TPSA) is 20.2 Å².